The van der Waals surface area contributed by atoms with E-state index in [9.17, 15) is 0 Å². The summed E-state index contributed by atoms with van der Waals surface area (Å²) in [6.45, 7) is 5.22. The number of rotatable bonds is 6. The van der Waals surface area contributed by atoms with Crippen molar-refractivity contribution in [3.63, 3.8) is 0 Å². The van der Waals surface area contributed by atoms with Gasteiger partial charge in [0, 0.05) is 6.54 Å². The van der Waals surface area contributed by atoms with Crippen LogP contribution in [0.2, 0.25) is 0 Å². The summed E-state index contributed by atoms with van der Waals surface area (Å²) in [5, 5.41) is 12.2. The fourth-order valence-corrected chi connectivity index (χ4v) is 1.45. The smallest absolute Gasteiger partial charge is 0.143 e. The van der Waals surface area contributed by atoms with E-state index >= 15 is 0 Å². The van der Waals surface area contributed by atoms with Gasteiger partial charge >= 0.3 is 0 Å². The zero-order valence-corrected chi connectivity index (χ0v) is 10.5. The van der Waals surface area contributed by atoms with Gasteiger partial charge in [-0.05, 0) is 26.0 Å². The van der Waals surface area contributed by atoms with E-state index in [1.165, 1.54) is 0 Å². The third-order valence-electron chi connectivity index (χ3n) is 2.22. The Kier molecular flexibility index (Phi) is 5.31. The maximum absolute atomic E-state index is 9.01. The molecule has 1 aromatic carbocycles. The number of ether oxygens (including phenoxy) is 2. The van der Waals surface area contributed by atoms with Gasteiger partial charge < -0.3 is 14.8 Å². The summed E-state index contributed by atoms with van der Waals surface area (Å²) in [7, 11) is 1.59. The van der Waals surface area contributed by atoms with Crippen LogP contribution in [0.4, 0.5) is 5.69 Å². The molecule has 4 heteroatoms. The number of hydrogen-bond acceptors (Lipinski definition) is 4. The van der Waals surface area contributed by atoms with Crippen LogP contribution < -0.4 is 10.1 Å². The summed E-state index contributed by atoms with van der Waals surface area (Å²) < 4.78 is 10.6. The number of hydrogen-bond donors (Lipinski definition) is 1. The van der Waals surface area contributed by atoms with E-state index in [-0.39, 0.29) is 6.10 Å². The molecule has 1 aromatic rings. The molecule has 4 nitrogen and oxygen atoms in total. The fraction of sp³-hybridized carbons (Fsp3) is 0.462. The topological polar surface area (TPSA) is 54.3 Å². The summed E-state index contributed by atoms with van der Waals surface area (Å²) in [5.74, 6) is 0.675. The van der Waals surface area contributed by atoms with E-state index in [0.717, 1.165) is 5.69 Å². The molecule has 0 spiro atoms. The zero-order valence-electron chi connectivity index (χ0n) is 10.5. The Hall–Kier alpha value is -1.73. The molecule has 0 aliphatic heterocycles. The monoisotopic (exact) mass is 234 g/mol. The van der Waals surface area contributed by atoms with Crippen LogP contribution in [0.5, 0.6) is 5.75 Å². The van der Waals surface area contributed by atoms with Crippen LogP contribution in [0.3, 0.4) is 0 Å². The van der Waals surface area contributed by atoms with Crippen molar-refractivity contribution >= 4 is 5.69 Å². The minimum atomic E-state index is 0.213. The lowest BCUT2D eigenvalue weighted by molar-refractivity contribution is 0.0870. The molecule has 0 radical (unpaired) electrons. The Bertz CT molecular complexity index is 397. The summed E-state index contributed by atoms with van der Waals surface area (Å²) in [4.78, 5) is 0. The van der Waals surface area contributed by atoms with E-state index in [4.69, 9.17) is 14.7 Å². The van der Waals surface area contributed by atoms with Crippen LogP contribution in [0.15, 0.2) is 18.2 Å². The second-order valence-corrected chi connectivity index (χ2v) is 3.84. The van der Waals surface area contributed by atoms with Crippen molar-refractivity contribution in [3.05, 3.63) is 23.8 Å². The van der Waals surface area contributed by atoms with Crippen molar-refractivity contribution in [2.24, 2.45) is 0 Å². The Morgan fingerprint density at radius 1 is 1.41 bits per heavy atom. The largest absolute Gasteiger partial charge is 0.495 e. The number of nitriles is 1. The molecule has 0 saturated heterocycles. The lowest BCUT2D eigenvalue weighted by Gasteiger charge is -2.13. The van der Waals surface area contributed by atoms with Gasteiger partial charge in [0.2, 0.25) is 0 Å². The zero-order chi connectivity index (χ0) is 12.7. The normalized spacial score (nSPS) is 10.1. The molecule has 0 saturated carbocycles. The highest BCUT2D eigenvalue weighted by Crippen LogP contribution is 2.27. The average Bonchev–Trinajstić information content (AvgIpc) is 2.34. The maximum atomic E-state index is 9.01. The Balaban J connectivity index is 2.65. The van der Waals surface area contributed by atoms with Gasteiger partial charge in [-0.15, -0.1) is 0 Å². The molecule has 1 N–H and O–H groups in total. The van der Waals surface area contributed by atoms with Crippen LogP contribution in [-0.2, 0) is 4.74 Å². The first-order chi connectivity index (χ1) is 8.19. The second-order valence-electron chi connectivity index (χ2n) is 3.84. The highest BCUT2D eigenvalue weighted by Gasteiger charge is 2.07. The van der Waals surface area contributed by atoms with E-state index < -0.39 is 0 Å². The van der Waals surface area contributed by atoms with Crippen LogP contribution >= 0.6 is 0 Å². The number of para-hydroxylation sites is 1. The first kappa shape index (κ1) is 13.3. The Morgan fingerprint density at radius 2 is 2.18 bits per heavy atom. The predicted molar refractivity (Wildman–Crippen MR) is 67.3 cm³/mol. The fourth-order valence-electron chi connectivity index (χ4n) is 1.45. The van der Waals surface area contributed by atoms with Gasteiger partial charge in [-0.3, -0.25) is 0 Å². The van der Waals surface area contributed by atoms with E-state index in [1.54, 1.807) is 19.2 Å². The van der Waals surface area contributed by atoms with E-state index in [0.29, 0.717) is 24.5 Å². The average molecular weight is 234 g/mol. The Morgan fingerprint density at radius 3 is 2.76 bits per heavy atom. The van der Waals surface area contributed by atoms with E-state index in [1.807, 2.05) is 19.9 Å². The number of benzene rings is 1. The van der Waals surface area contributed by atoms with Gasteiger partial charge in [0.05, 0.1) is 31.1 Å². The molecule has 1 rings (SSSR count). The van der Waals surface area contributed by atoms with Gasteiger partial charge in [0.1, 0.15) is 11.8 Å². The molecule has 17 heavy (non-hydrogen) atoms. The molecule has 0 aromatic heterocycles. The van der Waals surface area contributed by atoms with Crippen molar-refractivity contribution in [2.75, 3.05) is 25.6 Å². The summed E-state index contributed by atoms with van der Waals surface area (Å²) in [5.41, 5.74) is 1.30. The highest BCUT2D eigenvalue weighted by molar-refractivity contribution is 5.66. The second kappa shape index (κ2) is 6.77. The van der Waals surface area contributed by atoms with Gasteiger partial charge in [0.25, 0.3) is 0 Å². The minimum Gasteiger partial charge on any atom is -0.495 e. The lowest BCUT2D eigenvalue weighted by Crippen LogP contribution is -2.14. The molecule has 0 amide bonds. The first-order valence-electron chi connectivity index (χ1n) is 5.61. The van der Waals surface area contributed by atoms with Crippen molar-refractivity contribution < 1.29 is 9.47 Å². The van der Waals surface area contributed by atoms with Gasteiger partial charge in [-0.2, -0.15) is 5.26 Å². The summed E-state index contributed by atoms with van der Waals surface area (Å²) in [6.07, 6.45) is 0.213. The number of methoxy groups -OCH3 is 1. The molecule has 0 fully saturated rings. The first-order valence-corrected chi connectivity index (χ1v) is 5.61. The quantitative estimate of drug-likeness (QED) is 0.768. The number of nitrogens with zero attached hydrogens (tertiary/aromatic N) is 1. The molecule has 0 bridgehead atoms. The van der Waals surface area contributed by atoms with Gasteiger partial charge in [-0.1, -0.05) is 6.07 Å². The molecule has 0 aliphatic rings. The standard InChI is InChI=1S/C13H18N2O2/c1-10(2)17-8-7-15-13-11(9-14)5-4-6-12(13)16-3/h4-6,10,15H,7-8H2,1-3H3. The van der Waals surface area contributed by atoms with Crippen LogP contribution in [-0.4, -0.2) is 26.4 Å². The van der Waals surface area contributed by atoms with Gasteiger partial charge in [0.15, 0.2) is 0 Å². The third kappa shape index (κ3) is 3.97. The van der Waals surface area contributed by atoms with Crippen LogP contribution in [0.25, 0.3) is 0 Å². The maximum Gasteiger partial charge on any atom is 0.143 e. The molecular weight excluding hydrogens is 216 g/mol. The molecule has 0 heterocycles. The molecular formula is C13H18N2O2. The summed E-state index contributed by atoms with van der Waals surface area (Å²) in [6, 6.07) is 7.52. The lowest BCUT2D eigenvalue weighted by atomic mass is 10.2. The minimum absolute atomic E-state index is 0.213. The third-order valence-corrected chi connectivity index (χ3v) is 2.22. The molecule has 0 aliphatic carbocycles. The van der Waals surface area contributed by atoms with Crippen LogP contribution in [0, 0.1) is 11.3 Å². The van der Waals surface area contributed by atoms with Gasteiger partial charge in [-0.25, -0.2) is 0 Å². The molecule has 0 atom stereocenters. The predicted octanol–water partition coefficient (Wildman–Crippen LogP) is 2.40. The van der Waals surface area contributed by atoms with Crippen molar-refractivity contribution in [1.29, 1.82) is 5.26 Å². The molecule has 92 valence electrons. The Labute approximate surface area is 102 Å². The SMILES string of the molecule is COc1cccc(C#N)c1NCCOC(C)C. The van der Waals surface area contributed by atoms with Crippen molar-refractivity contribution in [2.45, 2.75) is 20.0 Å². The molecule has 0 unspecified atom stereocenters. The highest BCUT2D eigenvalue weighted by atomic mass is 16.5. The number of nitrogens with one attached hydrogen (secondary N) is 1. The summed E-state index contributed by atoms with van der Waals surface area (Å²) >= 11 is 0. The van der Waals surface area contributed by atoms with Crippen molar-refractivity contribution in [1.82, 2.24) is 0 Å². The number of anilines is 1. The van der Waals surface area contributed by atoms with Crippen LogP contribution in [0.1, 0.15) is 19.4 Å². The van der Waals surface area contributed by atoms with E-state index in [2.05, 4.69) is 11.4 Å². The van der Waals surface area contributed by atoms with Crippen molar-refractivity contribution in [3.8, 4) is 11.8 Å².